The Morgan fingerprint density at radius 2 is 1.84 bits per heavy atom. The van der Waals surface area contributed by atoms with Gasteiger partial charge < -0.3 is 26.3 Å². The molecule has 0 aromatic heterocycles. The van der Waals surface area contributed by atoms with E-state index in [2.05, 4.69) is 59.9 Å². The minimum Gasteiger partial charge on any atom is -0.462 e. The number of fused-ring (bicyclic) bond motifs is 6. The number of carbonyl (C=O) groups excluding carboxylic acids is 1. The molecule has 7 fully saturated rings. The van der Waals surface area contributed by atoms with E-state index in [1.165, 1.54) is 62.6 Å². The van der Waals surface area contributed by atoms with Crippen molar-refractivity contribution >= 4 is 5.97 Å². The maximum absolute atomic E-state index is 12.7. The van der Waals surface area contributed by atoms with Crippen LogP contribution >= 0.6 is 0 Å². The maximum atomic E-state index is 12.7. The van der Waals surface area contributed by atoms with Crippen LogP contribution < -0.4 is 16.8 Å². The van der Waals surface area contributed by atoms with E-state index in [1.54, 1.807) is 12.5 Å². The molecule has 2 heterocycles. The fourth-order valence-corrected chi connectivity index (χ4v) is 13.7. The fraction of sp³-hybridized carbons (Fsp3) is 0.884. The van der Waals surface area contributed by atoms with E-state index in [4.69, 9.17) is 20.9 Å². The number of rotatable bonds is 12. The molecule has 7 unspecified atom stereocenters. The largest absolute Gasteiger partial charge is 0.462 e. The smallest absolute Gasteiger partial charge is 0.302 e. The van der Waals surface area contributed by atoms with Crippen molar-refractivity contribution in [3.63, 3.8) is 0 Å². The molecule has 8 rings (SSSR count). The predicted molar refractivity (Wildman–Crippen MR) is 198 cm³/mol. The van der Waals surface area contributed by atoms with Crippen LogP contribution in [0.2, 0.25) is 0 Å². The molecule has 2 saturated heterocycles. The molecule has 5 N–H and O–H groups in total. The molecular weight excluding hydrogens is 606 g/mol. The summed E-state index contributed by atoms with van der Waals surface area (Å²) >= 11 is 0. The van der Waals surface area contributed by atoms with Gasteiger partial charge in [0.15, 0.2) is 0 Å². The van der Waals surface area contributed by atoms with Gasteiger partial charge in [0.1, 0.15) is 6.10 Å². The van der Waals surface area contributed by atoms with Crippen LogP contribution in [0.15, 0.2) is 22.9 Å². The Balaban J connectivity index is 1.14. The number of hydrogen-bond donors (Lipinski definition) is 3. The Morgan fingerprint density at radius 1 is 1.08 bits per heavy atom. The van der Waals surface area contributed by atoms with E-state index in [0.717, 1.165) is 63.5 Å². The first-order valence-electron chi connectivity index (χ1n) is 20.5. The highest BCUT2D eigenvalue weighted by Gasteiger charge is 2.83. The van der Waals surface area contributed by atoms with Crippen molar-refractivity contribution in [3.8, 4) is 0 Å². The summed E-state index contributed by atoms with van der Waals surface area (Å²) < 4.78 is 13.5. The van der Waals surface area contributed by atoms with Gasteiger partial charge >= 0.3 is 5.97 Å². The van der Waals surface area contributed by atoms with Gasteiger partial charge in [-0.05, 0) is 136 Å². The molecule has 0 aromatic rings. The van der Waals surface area contributed by atoms with E-state index >= 15 is 0 Å². The number of carbonyl (C=O) groups is 1. The highest BCUT2D eigenvalue weighted by atomic mass is 16.6. The second-order valence-corrected chi connectivity index (χ2v) is 19.9. The highest BCUT2D eigenvalue weighted by molar-refractivity contribution is 5.66. The lowest BCUT2D eigenvalue weighted by atomic mass is 9.39. The van der Waals surface area contributed by atoms with Gasteiger partial charge in [-0.3, -0.25) is 4.79 Å². The lowest BCUT2D eigenvalue weighted by Gasteiger charge is -2.66. The average molecular weight is 678 g/mol. The Hall–Kier alpha value is -1.37. The van der Waals surface area contributed by atoms with Crippen LogP contribution in [-0.4, -0.2) is 43.4 Å². The zero-order valence-electron chi connectivity index (χ0n) is 32.5. The Kier molecular flexibility index (Phi) is 9.08. The fourth-order valence-electron chi connectivity index (χ4n) is 13.7. The Bertz CT molecular complexity index is 1370. The standard InChI is InChI=1S/C43H71N3O3/c1-27(2)28(3)38(5)19-20-41(8)31-15-16-36-40(7)26-48-42(25-43(36,42)32(31)17-18-39(41,6)24-38)23-35(49-29(4)47)33(40)11-10-22-46-37(30-13-14-30)34(45)12-9-21-44/h17,27-28,31,33-36,46H,9-16,18-26,44-45H2,1-8H3/t28-,31?,33?,34?,35-,36?,38+,39+,40-,41?,42?,43?/m1/s1. The first-order valence-corrected chi connectivity index (χ1v) is 20.5. The minimum atomic E-state index is -0.173. The quantitative estimate of drug-likeness (QED) is 0.109. The van der Waals surface area contributed by atoms with Crippen LogP contribution in [0.1, 0.15) is 145 Å². The summed E-state index contributed by atoms with van der Waals surface area (Å²) in [7, 11) is 0. The van der Waals surface area contributed by atoms with E-state index in [1.807, 2.05) is 0 Å². The van der Waals surface area contributed by atoms with Crippen molar-refractivity contribution < 1.29 is 14.3 Å². The first-order chi connectivity index (χ1) is 23.1. The molecule has 0 aromatic carbocycles. The van der Waals surface area contributed by atoms with Gasteiger partial charge in [0, 0.05) is 48.4 Å². The lowest BCUT2D eigenvalue weighted by molar-refractivity contribution is -0.163. The van der Waals surface area contributed by atoms with Gasteiger partial charge in [-0.15, -0.1) is 0 Å². The SMILES string of the molecule is CC(=O)O[C@@H]1CC23CC24C2=CC[C@@]5(C)C[C@@](C)([C@H](C)C(C)C)CCC5(C)C2CCC4[C@](C)(CO3)C1CCCNC(=C1CC1)C(N)CCCN. The summed E-state index contributed by atoms with van der Waals surface area (Å²) in [6.07, 6.45) is 18.8. The third-order valence-electron chi connectivity index (χ3n) is 17.1. The average Bonchev–Trinajstić information content (AvgIpc) is 3.97. The van der Waals surface area contributed by atoms with Crippen LogP contribution in [0, 0.1) is 56.7 Å². The number of esters is 1. The van der Waals surface area contributed by atoms with Gasteiger partial charge in [-0.1, -0.05) is 60.1 Å². The molecule has 2 spiro atoms. The monoisotopic (exact) mass is 678 g/mol. The molecule has 6 aliphatic carbocycles. The lowest BCUT2D eigenvalue weighted by Crippen LogP contribution is -2.59. The van der Waals surface area contributed by atoms with E-state index in [0.29, 0.717) is 40.5 Å². The van der Waals surface area contributed by atoms with Crippen molar-refractivity contribution in [3.05, 3.63) is 22.9 Å². The zero-order chi connectivity index (χ0) is 35.2. The van der Waals surface area contributed by atoms with Crippen LogP contribution in [0.25, 0.3) is 0 Å². The second kappa shape index (κ2) is 12.4. The van der Waals surface area contributed by atoms with E-state index in [-0.39, 0.29) is 34.5 Å². The zero-order valence-corrected chi connectivity index (χ0v) is 32.5. The molecule has 0 radical (unpaired) electrons. The number of hydrogen-bond acceptors (Lipinski definition) is 6. The maximum Gasteiger partial charge on any atom is 0.302 e. The summed E-state index contributed by atoms with van der Waals surface area (Å²) in [5, 5.41) is 3.78. The normalized spacial score (nSPS) is 45.9. The number of nitrogens with two attached hydrogens (primary N) is 2. The van der Waals surface area contributed by atoms with E-state index < -0.39 is 0 Å². The van der Waals surface area contributed by atoms with Crippen LogP contribution in [0.3, 0.4) is 0 Å². The summed E-state index contributed by atoms with van der Waals surface area (Å²) in [5.74, 6) is 2.84. The van der Waals surface area contributed by atoms with Crippen molar-refractivity contribution in [2.45, 2.75) is 163 Å². The molecule has 6 nitrogen and oxygen atoms in total. The van der Waals surface area contributed by atoms with Gasteiger partial charge in [0.25, 0.3) is 0 Å². The molecular formula is C43H71N3O3. The summed E-state index contributed by atoms with van der Waals surface area (Å²) in [6.45, 7) is 21.9. The van der Waals surface area contributed by atoms with Gasteiger partial charge in [-0.2, -0.15) is 0 Å². The molecule has 6 heteroatoms. The van der Waals surface area contributed by atoms with Crippen molar-refractivity contribution in [2.24, 2.45) is 68.1 Å². The van der Waals surface area contributed by atoms with Crippen molar-refractivity contribution in [1.29, 1.82) is 0 Å². The van der Waals surface area contributed by atoms with Crippen molar-refractivity contribution in [2.75, 3.05) is 19.7 Å². The summed E-state index contributed by atoms with van der Waals surface area (Å²) in [6, 6.07) is 0.0551. The Labute approximate surface area is 298 Å². The van der Waals surface area contributed by atoms with Gasteiger partial charge in [0.05, 0.1) is 12.2 Å². The van der Waals surface area contributed by atoms with Gasteiger partial charge in [0.2, 0.25) is 0 Å². The molecule has 0 amide bonds. The summed E-state index contributed by atoms with van der Waals surface area (Å²) in [4.78, 5) is 12.7. The molecule has 49 heavy (non-hydrogen) atoms. The molecule has 2 bridgehead atoms. The number of allylic oxidation sites excluding steroid dienone is 2. The molecule has 12 atom stereocenters. The van der Waals surface area contributed by atoms with Crippen LogP contribution in [0.5, 0.6) is 0 Å². The second-order valence-electron chi connectivity index (χ2n) is 19.9. The highest BCUT2D eigenvalue weighted by Crippen LogP contribution is 2.84. The van der Waals surface area contributed by atoms with Crippen LogP contribution in [0.4, 0.5) is 0 Å². The van der Waals surface area contributed by atoms with Crippen LogP contribution in [-0.2, 0) is 14.3 Å². The molecule has 5 saturated carbocycles. The number of nitrogens with one attached hydrogen (secondary N) is 1. The Morgan fingerprint density at radius 3 is 2.51 bits per heavy atom. The molecule has 2 aliphatic heterocycles. The molecule has 8 aliphatic rings. The topological polar surface area (TPSA) is 99.6 Å². The number of ether oxygens (including phenoxy) is 2. The van der Waals surface area contributed by atoms with Gasteiger partial charge in [-0.25, -0.2) is 0 Å². The summed E-state index contributed by atoms with van der Waals surface area (Å²) in [5.41, 5.74) is 17.9. The molecule has 276 valence electrons. The third kappa shape index (κ3) is 5.44. The first kappa shape index (κ1) is 36.0. The van der Waals surface area contributed by atoms with Crippen molar-refractivity contribution in [1.82, 2.24) is 5.32 Å². The minimum absolute atomic E-state index is 0.0166. The van der Waals surface area contributed by atoms with E-state index in [9.17, 15) is 4.79 Å². The predicted octanol–water partition coefficient (Wildman–Crippen LogP) is 8.44. The third-order valence-corrected chi connectivity index (χ3v) is 17.1.